The molecule has 0 saturated heterocycles. The van der Waals surface area contributed by atoms with Gasteiger partial charge in [0.05, 0.1) is 5.52 Å². The summed E-state index contributed by atoms with van der Waals surface area (Å²) in [7, 11) is 0. The van der Waals surface area contributed by atoms with Crippen LogP contribution in [0.2, 0.25) is 0 Å². The molecule has 0 fully saturated rings. The molecule has 0 saturated carbocycles. The van der Waals surface area contributed by atoms with Gasteiger partial charge in [0.1, 0.15) is 0 Å². The van der Waals surface area contributed by atoms with Crippen LogP contribution in [0.15, 0.2) is 24.4 Å². The van der Waals surface area contributed by atoms with Crippen molar-refractivity contribution in [3.05, 3.63) is 30.0 Å². The van der Waals surface area contributed by atoms with Crippen molar-refractivity contribution in [2.75, 3.05) is 11.9 Å². The molecule has 13 heavy (non-hydrogen) atoms. The average Bonchev–Trinajstić information content (AvgIpc) is 2.59. The fraction of sp³-hybridized carbons (Fsp3) is 0.273. The summed E-state index contributed by atoms with van der Waals surface area (Å²) in [6.45, 7) is 5.19. The molecule has 68 valence electrons. The Bertz CT molecular complexity index is 415. The molecule has 0 spiro atoms. The first-order chi connectivity index (χ1) is 6.33. The van der Waals surface area contributed by atoms with Gasteiger partial charge in [-0.2, -0.15) is 0 Å². The number of aromatic amines is 1. The summed E-state index contributed by atoms with van der Waals surface area (Å²) < 4.78 is 0. The van der Waals surface area contributed by atoms with Gasteiger partial charge in [-0.15, -0.1) is 0 Å². The summed E-state index contributed by atoms with van der Waals surface area (Å²) in [5, 5.41) is 4.62. The first kappa shape index (κ1) is 8.17. The minimum absolute atomic E-state index is 0.962. The lowest BCUT2D eigenvalue weighted by Crippen LogP contribution is -1.96. The summed E-state index contributed by atoms with van der Waals surface area (Å²) in [5.41, 5.74) is 3.74. The Hall–Kier alpha value is -1.44. The number of nitrogens with one attached hydrogen (secondary N) is 2. The van der Waals surface area contributed by atoms with Crippen LogP contribution >= 0.6 is 0 Å². The molecule has 2 aromatic rings. The molecule has 0 radical (unpaired) electrons. The molecule has 2 rings (SSSR count). The van der Waals surface area contributed by atoms with Crippen LogP contribution in [0.1, 0.15) is 12.5 Å². The van der Waals surface area contributed by atoms with Gasteiger partial charge in [-0.25, -0.2) is 0 Å². The zero-order chi connectivity index (χ0) is 9.26. The van der Waals surface area contributed by atoms with Crippen molar-refractivity contribution in [2.24, 2.45) is 0 Å². The summed E-state index contributed by atoms with van der Waals surface area (Å²) in [6, 6.07) is 6.38. The SMILES string of the molecule is CCNc1ccc(C)c2[nH]ccc12. The van der Waals surface area contributed by atoms with Crippen molar-refractivity contribution in [3.63, 3.8) is 0 Å². The standard InChI is InChI=1S/C11H14N2/c1-3-12-10-5-4-8(2)11-9(10)6-7-13-11/h4-7,12-13H,3H2,1-2H3. The van der Waals surface area contributed by atoms with Gasteiger partial charge < -0.3 is 10.3 Å². The average molecular weight is 174 g/mol. The Labute approximate surface area is 78.0 Å². The van der Waals surface area contributed by atoms with Gasteiger partial charge in [0.15, 0.2) is 0 Å². The van der Waals surface area contributed by atoms with Gasteiger partial charge in [-0.3, -0.25) is 0 Å². The molecular weight excluding hydrogens is 160 g/mol. The fourth-order valence-electron chi connectivity index (χ4n) is 1.65. The van der Waals surface area contributed by atoms with Gasteiger partial charge in [-0.1, -0.05) is 6.07 Å². The maximum Gasteiger partial charge on any atom is 0.0504 e. The largest absolute Gasteiger partial charge is 0.385 e. The first-order valence-corrected chi connectivity index (χ1v) is 4.63. The number of anilines is 1. The first-order valence-electron chi connectivity index (χ1n) is 4.63. The Balaban J connectivity index is 2.64. The van der Waals surface area contributed by atoms with E-state index in [1.807, 2.05) is 6.20 Å². The Morgan fingerprint density at radius 1 is 1.31 bits per heavy atom. The zero-order valence-electron chi connectivity index (χ0n) is 8.02. The van der Waals surface area contributed by atoms with E-state index in [-0.39, 0.29) is 0 Å². The van der Waals surface area contributed by atoms with Crippen LogP contribution in [-0.2, 0) is 0 Å². The minimum Gasteiger partial charge on any atom is -0.385 e. The Morgan fingerprint density at radius 2 is 2.15 bits per heavy atom. The molecule has 1 aromatic carbocycles. The van der Waals surface area contributed by atoms with E-state index in [0.717, 1.165) is 6.54 Å². The third-order valence-corrected chi connectivity index (χ3v) is 2.30. The predicted molar refractivity (Wildman–Crippen MR) is 57.2 cm³/mol. The number of hydrogen-bond acceptors (Lipinski definition) is 1. The smallest absolute Gasteiger partial charge is 0.0504 e. The quantitative estimate of drug-likeness (QED) is 0.719. The molecule has 0 unspecified atom stereocenters. The Morgan fingerprint density at radius 3 is 2.92 bits per heavy atom. The van der Waals surface area contributed by atoms with E-state index in [1.165, 1.54) is 22.2 Å². The molecule has 0 amide bonds. The highest BCUT2D eigenvalue weighted by Gasteiger charge is 2.02. The van der Waals surface area contributed by atoms with E-state index in [2.05, 4.69) is 42.3 Å². The highest BCUT2D eigenvalue weighted by Crippen LogP contribution is 2.24. The molecule has 0 atom stereocenters. The topological polar surface area (TPSA) is 27.8 Å². The predicted octanol–water partition coefficient (Wildman–Crippen LogP) is 2.91. The van der Waals surface area contributed by atoms with Crippen molar-refractivity contribution < 1.29 is 0 Å². The lowest BCUT2D eigenvalue weighted by atomic mass is 10.1. The fourth-order valence-corrected chi connectivity index (χ4v) is 1.65. The maximum atomic E-state index is 3.34. The van der Waals surface area contributed by atoms with Crippen LogP contribution in [0, 0.1) is 6.92 Å². The number of aromatic nitrogens is 1. The van der Waals surface area contributed by atoms with Crippen LogP contribution in [0.4, 0.5) is 5.69 Å². The highest BCUT2D eigenvalue weighted by atomic mass is 14.9. The maximum absolute atomic E-state index is 3.34. The van der Waals surface area contributed by atoms with Crippen LogP contribution < -0.4 is 5.32 Å². The summed E-state index contributed by atoms with van der Waals surface area (Å²) in [4.78, 5) is 3.25. The van der Waals surface area contributed by atoms with E-state index in [1.54, 1.807) is 0 Å². The van der Waals surface area contributed by atoms with Crippen molar-refractivity contribution >= 4 is 16.6 Å². The van der Waals surface area contributed by atoms with Gasteiger partial charge in [0.25, 0.3) is 0 Å². The molecule has 1 aromatic heterocycles. The number of fused-ring (bicyclic) bond motifs is 1. The van der Waals surface area contributed by atoms with Crippen LogP contribution in [0.5, 0.6) is 0 Å². The molecule has 0 bridgehead atoms. The molecule has 2 nitrogen and oxygen atoms in total. The van der Waals surface area contributed by atoms with E-state index < -0.39 is 0 Å². The summed E-state index contributed by atoms with van der Waals surface area (Å²) in [5.74, 6) is 0. The van der Waals surface area contributed by atoms with Crippen LogP contribution in [0.25, 0.3) is 10.9 Å². The van der Waals surface area contributed by atoms with E-state index in [4.69, 9.17) is 0 Å². The van der Waals surface area contributed by atoms with E-state index in [9.17, 15) is 0 Å². The number of hydrogen-bond donors (Lipinski definition) is 2. The second-order valence-electron chi connectivity index (χ2n) is 3.23. The Kier molecular flexibility index (Phi) is 1.97. The number of benzene rings is 1. The number of aryl methyl sites for hydroxylation is 1. The lowest BCUT2D eigenvalue weighted by molar-refractivity contribution is 1.22. The van der Waals surface area contributed by atoms with Crippen molar-refractivity contribution in [1.29, 1.82) is 0 Å². The van der Waals surface area contributed by atoms with Gasteiger partial charge in [-0.05, 0) is 31.5 Å². The lowest BCUT2D eigenvalue weighted by Gasteiger charge is -2.05. The summed E-state index contributed by atoms with van der Waals surface area (Å²) >= 11 is 0. The zero-order valence-corrected chi connectivity index (χ0v) is 8.02. The van der Waals surface area contributed by atoms with Crippen molar-refractivity contribution in [2.45, 2.75) is 13.8 Å². The molecule has 2 N–H and O–H groups in total. The molecule has 0 aliphatic carbocycles. The molecule has 2 heteroatoms. The molecular formula is C11H14N2. The number of rotatable bonds is 2. The van der Waals surface area contributed by atoms with E-state index in [0.29, 0.717) is 0 Å². The number of H-pyrrole nitrogens is 1. The third kappa shape index (κ3) is 1.28. The molecule has 0 aliphatic heterocycles. The highest BCUT2D eigenvalue weighted by molar-refractivity contribution is 5.93. The van der Waals surface area contributed by atoms with E-state index >= 15 is 0 Å². The van der Waals surface area contributed by atoms with Crippen LogP contribution in [-0.4, -0.2) is 11.5 Å². The monoisotopic (exact) mass is 174 g/mol. The van der Waals surface area contributed by atoms with Gasteiger partial charge >= 0.3 is 0 Å². The summed E-state index contributed by atoms with van der Waals surface area (Å²) in [6.07, 6.45) is 1.98. The van der Waals surface area contributed by atoms with Gasteiger partial charge in [0, 0.05) is 23.8 Å². The molecule has 1 heterocycles. The minimum atomic E-state index is 0.962. The van der Waals surface area contributed by atoms with Crippen molar-refractivity contribution in [1.82, 2.24) is 4.98 Å². The van der Waals surface area contributed by atoms with Crippen LogP contribution in [0.3, 0.4) is 0 Å². The van der Waals surface area contributed by atoms with Gasteiger partial charge in [0.2, 0.25) is 0 Å². The normalized spacial score (nSPS) is 10.6. The third-order valence-electron chi connectivity index (χ3n) is 2.30. The molecule has 0 aliphatic rings. The van der Waals surface area contributed by atoms with Crippen molar-refractivity contribution in [3.8, 4) is 0 Å². The second-order valence-corrected chi connectivity index (χ2v) is 3.23. The second kappa shape index (κ2) is 3.13.